The number of aliphatic hydroxyl groups excluding tert-OH is 2. The lowest BCUT2D eigenvalue weighted by Crippen LogP contribution is -2.37. The van der Waals surface area contributed by atoms with Gasteiger partial charge in [0, 0.05) is 6.42 Å². The monoisotopic (exact) mass is 459 g/mol. The van der Waals surface area contributed by atoms with Gasteiger partial charge >= 0.3 is 5.97 Å². The number of nitrogen functional groups attached to an aromatic ring is 1. The van der Waals surface area contributed by atoms with Gasteiger partial charge in [0.05, 0.1) is 12.6 Å². The van der Waals surface area contributed by atoms with Crippen molar-refractivity contribution in [3.63, 3.8) is 0 Å². The number of ether oxygens (including phenoxy) is 1. The lowest BCUT2D eigenvalue weighted by Gasteiger charge is -2.16. The molecule has 0 spiro atoms. The second-order valence-electron chi connectivity index (χ2n) is 6.76. The molecule has 2 aromatic heterocycles. The third kappa shape index (κ3) is 6.14. The zero-order chi connectivity index (χ0) is 23.3. The Morgan fingerprint density at radius 3 is 2.55 bits per heavy atom. The summed E-state index contributed by atoms with van der Waals surface area (Å²) in [5.41, 5.74) is 12.1. The van der Waals surface area contributed by atoms with Gasteiger partial charge in [-0.05, 0) is 17.1 Å². The summed E-state index contributed by atoms with van der Waals surface area (Å²) in [5, 5.41) is 46.3. The Bertz CT molecular complexity index is 909. The van der Waals surface area contributed by atoms with Crippen LogP contribution in [0.5, 0.6) is 0 Å². The maximum atomic E-state index is 10.8. The molecule has 0 amide bonds. The predicted molar refractivity (Wildman–Crippen MR) is 104 cm³/mol. The van der Waals surface area contributed by atoms with Crippen LogP contribution in [0.2, 0.25) is 0 Å². The van der Waals surface area contributed by atoms with E-state index in [0.717, 1.165) is 0 Å². The van der Waals surface area contributed by atoms with Crippen molar-refractivity contribution >= 4 is 40.0 Å². The molecule has 6 atom stereocenters. The second-order valence-corrected chi connectivity index (χ2v) is 9.07. The van der Waals surface area contributed by atoms with Crippen LogP contribution in [-0.4, -0.2) is 89.1 Å². The standard InChI is InChI=1S/C15H22N6O5S.CH2O3/c1-27(3-2-7(16)15(24)25)4-8-10(22)11(23)14(26-8)21-6-20-9-12(17)18-5-19-13(9)21;2-1(3)4/h5-8,10-11,14,22-23H,2-4,16H2,1H3,(H2-,17,18,19,24,25);(H2,2,3,4)/p-1/t7-,8+,10+,11+,14+,27?;/m0./s1. The Morgan fingerprint density at radius 1 is 1.29 bits per heavy atom. The molecule has 1 saturated heterocycles. The Hall–Kier alpha value is -2.72. The van der Waals surface area contributed by atoms with Crippen LogP contribution >= 0.6 is 0 Å². The summed E-state index contributed by atoms with van der Waals surface area (Å²) in [6, 6.07) is -0.907. The minimum atomic E-state index is -2.33. The number of anilines is 1. The zero-order valence-electron chi connectivity index (χ0n) is 16.4. The number of fused-ring (bicyclic) bond motifs is 1. The Morgan fingerprint density at radius 2 is 1.94 bits per heavy atom. The largest absolute Gasteiger partial charge is 0.652 e. The van der Waals surface area contributed by atoms with Crippen molar-refractivity contribution in [3.8, 4) is 0 Å². The van der Waals surface area contributed by atoms with Gasteiger partial charge in [-0.3, -0.25) is 9.36 Å². The molecule has 3 rings (SSSR count). The molecule has 15 heteroatoms. The first-order valence-electron chi connectivity index (χ1n) is 8.93. The first-order chi connectivity index (χ1) is 14.5. The number of carboxylic acid groups (broad SMARTS) is 3. The molecule has 31 heavy (non-hydrogen) atoms. The highest BCUT2D eigenvalue weighted by atomic mass is 32.2. The number of imidazole rings is 1. The maximum absolute atomic E-state index is 10.8. The number of carboxylic acids is 1. The number of aliphatic hydroxyl groups is 2. The van der Waals surface area contributed by atoms with E-state index in [1.165, 1.54) is 17.2 Å². The number of aliphatic carboxylic acids is 1. The minimum absolute atomic E-state index is 0.216. The molecule has 1 aliphatic rings. The lowest BCUT2D eigenvalue weighted by molar-refractivity contribution is -0.415. The predicted octanol–water partition coefficient (Wildman–Crippen LogP) is -4.37. The number of nitrogens with zero attached hydrogens (tertiary/aromatic N) is 4. The van der Waals surface area contributed by atoms with Gasteiger partial charge in [0.25, 0.3) is 0 Å². The molecule has 14 nitrogen and oxygen atoms in total. The summed E-state index contributed by atoms with van der Waals surface area (Å²) in [6.07, 6.45) is -1.02. The fraction of sp³-hybridized carbons (Fsp3) is 0.562. The smallest absolute Gasteiger partial charge is 0.320 e. The molecule has 0 saturated carbocycles. The fourth-order valence-corrected chi connectivity index (χ4v) is 4.63. The van der Waals surface area contributed by atoms with Gasteiger partial charge in [0.1, 0.15) is 47.7 Å². The van der Waals surface area contributed by atoms with E-state index in [9.17, 15) is 15.0 Å². The molecule has 0 radical (unpaired) electrons. The highest BCUT2D eigenvalue weighted by Gasteiger charge is 2.46. The summed E-state index contributed by atoms with van der Waals surface area (Å²) in [7, 11) is -0.235. The maximum Gasteiger partial charge on any atom is 0.320 e. The Balaban J connectivity index is 0.000000785. The number of aromatic nitrogens is 4. The van der Waals surface area contributed by atoms with Crippen LogP contribution in [-0.2, 0) is 20.4 Å². The second kappa shape index (κ2) is 10.5. The first-order valence-corrected chi connectivity index (χ1v) is 10.9. The Kier molecular flexibility index (Phi) is 8.35. The average molecular weight is 459 g/mol. The summed E-state index contributed by atoms with van der Waals surface area (Å²) in [6.45, 7) is 0. The topological polar surface area (TPSA) is 246 Å². The van der Waals surface area contributed by atoms with E-state index in [1.54, 1.807) is 0 Å². The number of hydrogen-bond acceptors (Lipinski definition) is 12. The summed E-state index contributed by atoms with van der Waals surface area (Å²) >= 11 is 0. The van der Waals surface area contributed by atoms with Gasteiger partial charge in [-0.25, -0.2) is 15.0 Å². The molecule has 3 heterocycles. The van der Waals surface area contributed by atoms with E-state index < -0.39 is 42.7 Å². The van der Waals surface area contributed by atoms with Gasteiger partial charge in [-0.2, -0.15) is 0 Å². The lowest BCUT2D eigenvalue weighted by atomic mass is 10.1. The SMILES string of the molecule is C[S+](CC[C@H](N)C(=O)O)C[C@H]1O[C@@H](n2cnc3c(N)ncnc32)[C@H](O)[C@@H]1O.O=C([O-])[O-]. The average Bonchev–Trinajstić information content (AvgIpc) is 3.23. The van der Waals surface area contributed by atoms with E-state index in [-0.39, 0.29) is 16.7 Å². The molecule has 0 bridgehead atoms. The molecule has 172 valence electrons. The van der Waals surface area contributed by atoms with Crippen molar-refractivity contribution in [1.29, 1.82) is 0 Å². The molecule has 0 aliphatic carbocycles. The Labute approximate surface area is 178 Å². The van der Waals surface area contributed by atoms with Gasteiger partial charge in [-0.15, -0.1) is 0 Å². The quantitative estimate of drug-likeness (QED) is 0.246. The third-order valence-corrected chi connectivity index (χ3v) is 6.37. The van der Waals surface area contributed by atoms with Crippen LogP contribution in [0.4, 0.5) is 10.6 Å². The zero-order valence-corrected chi connectivity index (χ0v) is 17.2. The van der Waals surface area contributed by atoms with Crippen LogP contribution in [0.15, 0.2) is 12.7 Å². The van der Waals surface area contributed by atoms with E-state index >= 15 is 0 Å². The summed E-state index contributed by atoms with van der Waals surface area (Å²) in [5.74, 6) is 0.254. The number of carbonyl (C=O) groups excluding carboxylic acids is 1. The van der Waals surface area contributed by atoms with Crippen LogP contribution in [0.3, 0.4) is 0 Å². The van der Waals surface area contributed by atoms with E-state index in [1.807, 2.05) is 6.26 Å². The summed E-state index contributed by atoms with van der Waals surface area (Å²) < 4.78 is 7.41. The molecular formula is C16H23N6O8S-. The molecule has 1 fully saturated rings. The van der Waals surface area contributed by atoms with Crippen molar-refractivity contribution in [2.24, 2.45) is 5.73 Å². The van der Waals surface area contributed by atoms with Crippen molar-refractivity contribution < 1.29 is 39.9 Å². The van der Waals surface area contributed by atoms with Gasteiger partial charge in [-0.1, -0.05) is 0 Å². The summed E-state index contributed by atoms with van der Waals surface area (Å²) in [4.78, 5) is 31.3. The van der Waals surface area contributed by atoms with E-state index in [2.05, 4.69) is 15.0 Å². The molecule has 7 N–H and O–H groups in total. The van der Waals surface area contributed by atoms with Gasteiger partial charge in [0.15, 0.2) is 17.7 Å². The van der Waals surface area contributed by atoms with Crippen molar-refractivity contribution in [1.82, 2.24) is 19.5 Å². The molecule has 1 unspecified atom stereocenters. The molecule has 2 aromatic rings. The van der Waals surface area contributed by atoms with Gasteiger partial charge < -0.3 is 46.5 Å². The highest BCUT2D eigenvalue weighted by Crippen LogP contribution is 2.32. The van der Waals surface area contributed by atoms with Gasteiger partial charge in [0.2, 0.25) is 0 Å². The number of carbonyl (C=O) groups is 2. The molecule has 1 aliphatic heterocycles. The van der Waals surface area contributed by atoms with Crippen LogP contribution < -0.4 is 21.7 Å². The van der Waals surface area contributed by atoms with Crippen LogP contribution in [0.1, 0.15) is 12.6 Å². The fourth-order valence-electron chi connectivity index (χ4n) is 2.97. The number of rotatable bonds is 7. The van der Waals surface area contributed by atoms with Crippen molar-refractivity contribution in [2.75, 3.05) is 23.5 Å². The van der Waals surface area contributed by atoms with E-state index in [0.29, 0.717) is 29.1 Å². The van der Waals surface area contributed by atoms with Crippen molar-refractivity contribution in [3.05, 3.63) is 12.7 Å². The van der Waals surface area contributed by atoms with Crippen LogP contribution in [0, 0.1) is 0 Å². The first kappa shape index (κ1) is 24.5. The molecular weight excluding hydrogens is 436 g/mol. The third-order valence-electron chi connectivity index (χ3n) is 4.54. The highest BCUT2D eigenvalue weighted by molar-refractivity contribution is 7.96. The number of nitrogens with two attached hydrogens (primary N) is 2. The number of hydrogen-bond donors (Lipinski definition) is 5. The van der Waals surface area contributed by atoms with E-state index in [4.69, 9.17) is 36.3 Å². The molecule has 0 aromatic carbocycles. The van der Waals surface area contributed by atoms with Crippen LogP contribution in [0.25, 0.3) is 11.2 Å². The minimum Gasteiger partial charge on any atom is -0.652 e. The van der Waals surface area contributed by atoms with Crippen molar-refractivity contribution in [2.45, 2.75) is 37.0 Å². The normalized spacial score (nSPS) is 24.9.